The van der Waals surface area contributed by atoms with Crippen LogP contribution in [0.1, 0.15) is 31.2 Å². The van der Waals surface area contributed by atoms with Crippen LogP contribution in [0.4, 0.5) is 5.69 Å². The number of halogens is 2. The maximum Gasteiger partial charge on any atom is 0.271 e. The molecule has 0 spiro atoms. The van der Waals surface area contributed by atoms with Gasteiger partial charge in [-0.25, -0.2) is 8.42 Å². The van der Waals surface area contributed by atoms with Crippen molar-refractivity contribution in [3.05, 3.63) is 45.3 Å². The molecule has 0 unspecified atom stereocenters. The summed E-state index contributed by atoms with van der Waals surface area (Å²) in [7, 11) is -3.67. The predicted molar refractivity (Wildman–Crippen MR) is 106 cm³/mol. The molecule has 1 aliphatic rings. The molecule has 1 atom stereocenters. The smallest absolute Gasteiger partial charge is 0.271 e. The molecule has 1 saturated heterocycles. The molecule has 1 aliphatic heterocycles. The van der Waals surface area contributed by atoms with Gasteiger partial charge in [0.15, 0.2) is 0 Å². The maximum absolute atomic E-state index is 12.4. The van der Waals surface area contributed by atoms with E-state index in [9.17, 15) is 8.42 Å². The Kier molecular flexibility index (Phi) is 5.96. The highest BCUT2D eigenvalue weighted by atomic mass is 35.5. The van der Waals surface area contributed by atoms with E-state index in [4.69, 9.17) is 23.2 Å². The molecule has 1 N–H and O–H groups in total. The average molecular weight is 419 g/mol. The number of hydrogen-bond acceptors (Lipinski definition) is 4. The second-order valence-corrected chi connectivity index (χ2v) is 10.2. The van der Waals surface area contributed by atoms with Gasteiger partial charge in [-0.05, 0) is 55.6 Å². The Bertz CT molecular complexity index is 815. The van der Waals surface area contributed by atoms with Gasteiger partial charge in [-0.1, -0.05) is 42.3 Å². The van der Waals surface area contributed by atoms with E-state index in [0.717, 1.165) is 37.4 Å². The van der Waals surface area contributed by atoms with Crippen molar-refractivity contribution in [2.75, 3.05) is 24.4 Å². The summed E-state index contributed by atoms with van der Waals surface area (Å²) in [6, 6.07) is 9.00. The summed E-state index contributed by atoms with van der Waals surface area (Å²) < 4.78 is 27.8. The molecule has 0 radical (unpaired) electrons. The van der Waals surface area contributed by atoms with Crippen molar-refractivity contribution in [1.29, 1.82) is 0 Å². The largest absolute Gasteiger partial charge is 0.303 e. The van der Waals surface area contributed by atoms with Gasteiger partial charge in [-0.3, -0.25) is 4.72 Å². The van der Waals surface area contributed by atoms with Gasteiger partial charge in [-0.15, -0.1) is 11.3 Å². The minimum atomic E-state index is -3.67. The van der Waals surface area contributed by atoms with Crippen molar-refractivity contribution in [2.45, 2.75) is 29.9 Å². The SMILES string of the molecule is CCCN1CC[C@@H](c2ccc(NS(=O)(=O)c3cc(Cl)c(Cl)s3)cc2)C1. The van der Waals surface area contributed by atoms with Crippen molar-refractivity contribution in [3.63, 3.8) is 0 Å². The Morgan fingerprint density at radius 2 is 2.00 bits per heavy atom. The Morgan fingerprint density at radius 1 is 1.28 bits per heavy atom. The van der Waals surface area contributed by atoms with Gasteiger partial charge in [0.05, 0.1) is 5.02 Å². The van der Waals surface area contributed by atoms with Gasteiger partial charge in [-0.2, -0.15) is 0 Å². The number of nitrogens with one attached hydrogen (secondary N) is 1. The lowest BCUT2D eigenvalue weighted by molar-refractivity contribution is 0.335. The van der Waals surface area contributed by atoms with Crippen LogP contribution in [-0.2, 0) is 10.0 Å². The Hall–Kier alpha value is -0.790. The van der Waals surface area contributed by atoms with Gasteiger partial charge < -0.3 is 4.90 Å². The van der Waals surface area contributed by atoms with Crippen molar-refractivity contribution in [1.82, 2.24) is 4.90 Å². The fourth-order valence-corrected chi connectivity index (χ4v) is 6.05. The molecule has 0 bridgehead atoms. The summed E-state index contributed by atoms with van der Waals surface area (Å²) in [6.45, 7) is 5.54. The first kappa shape index (κ1) is 19.0. The molecule has 1 aromatic carbocycles. The number of hydrogen-bond donors (Lipinski definition) is 1. The van der Waals surface area contributed by atoms with Crippen LogP contribution in [0.3, 0.4) is 0 Å². The lowest BCUT2D eigenvalue weighted by Gasteiger charge is -2.15. The lowest BCUT2D eigenvalue weighted by atomic mass is 9.98. The molecule has 25 heavy (non-hydrogen) atoms. The normalized spacial score (nSPS) is 18.6. The molecule has 8 heteroatoms. The third-order valence-corrected chi connectivity index (χ3v) is 8.05. The van der Waals surface area contributed by atoms with E-state index < -0.39 is 10.0 Å². The summed E-state index contributed by atoms with van der Waals surface area (Å²) in [5.41, 5.74) is 1.79. The molecule has 2 aromatic rings. The van der Waals surface area contributed by atoms with E-state index in [-0.39, 0.29) is 13.6 Å². The first-order chi connectivity index (χ1) is 11.9. The highest BCUT2D eigenvalue weighted by Gasteiger charge is 2.23. The number of thiophene rings is 1. The predicted octanol–water partition coefficient (Wildman–Crippen LogP) is 5.06. The van der Waals surface area contributed by atoms with Crippen LogP contribution in [0, 0.1) is 0 Å². The third kappa shape index (κ3) is 4.49. The molecular formula is C17H20Cl2N2O2S2. The second kappa shape index (κ2) is 7.84. The number of sulfonamides is 1. The zero-order valence-electron chi connectivity index (χ0n) is 13.8. The number of likely N-dealkylation sites (tertiary alicyclic amines) is 1. The van der Waals surface area contributed by atoms with Crippen LogP contribution in [0.25, 0.3) is 0 Å². The molecule has 4 nitrogen and oxygen atoms in total. The standard InChI is InChI=1S/C17H20Cl2N2O2S2/c1-2-8-21-9-7-13(11-21)12-3-5-14(6-4-12)20-25(22,23)16-10-15(18)17(19)24-16/h3-6,10,13,20H,2,7-9,11H2,1H3/t13-/m1/s1. The van der Waals surface area contributed by atoms with E-state index in [0.29, 0.717) is 11.6 Å². The van der Waals surface area contributed by atoms with E-state index in [1.165, 1.54) is 18.1 Å². The lowest BCUT2D eigenvalue weighted by Crippen LogP contribution is -2.20. The molecule has 2 heterocycles. The highest BCUT2D eigenvalue weighted by molar-refractivity contribution is 7.94. The van der Waals surface area contributed by atoms with Gasteiger partial charge in [0, 0.05) is 12.2 Å². The molecule has 0 saturated carbocycles. The van der Waals surface area contributed by atoms with Crippen LogP contribution in [0.15, 0.2) is 34.5 Å². The van der Waals surface area contributed by atoms with Crippen LogP contribution in [-0.4, -0.2) is 33.0 Å². The fourth-order valence-electron chi connectivity index (χ4n) is 3.11. The van der Waals surface area contributed by atoms with Crippen molar-refractivity contribution in [3.8, 4) is 0 Å². The van der Waals surface area contributed by atoms with Gasteiger partial charge in [0.2, 0.25) is 0 Å². The summed E-state index contributed by atoms with van der Waals surface area (Å²) in [5, 5.41) is 0.250. The molecule has 1 fully saturated rings. The van der Waals surface area contributed by atoms with Crippen LogP contribution < -0.4 is 4.72 Å². The molecule has 1 aromatic heterocycles. The van der Waals surface area contributed by atoms with E-state index in [1.54, 1.807) is 0 Å². The monoisotopic (exact) mass is 418 g/mol. The first-order valence-corrected chi connectivity index (χ1v) is 11.2. The number of rotatable bonds is 6. The minimum absolute atomic E-state index is 0.109. The third-order valence-electron chi connectivity index (χ3n) is 4.33. The van der Waals surface area contributed by atoms with Crippen molar-refractivity contribution >= 4 is 50.2 Å². The molecular weight excluding hydrogens is 399 g/mol. The van der Waals surface area contributed by atoms with Crippen molar-refractivity contribution < 1.29 is 8.42 Å². The van der Waals surface area contributed by atoms with Gasteiger partial charge in [0.1, 0.15) is 8.55 Å². The summed E-state index contributed by atoms with van der Waals surface area (Å²) in [4.78, 5) is 2.48. The van der Waals surface area contributed by atoms with Crippen molar-refractivity contribution in [2.24, 2.45) is 0 Å². The summed E-state index contributed by atoms with van der Waals surface area (Å²) in [6.07, 6.45) is 2.32. The maximum atomic E-state index is 12.4. The average Bonchev–Trinajstić information content (AvgIpc) is 3.16. The van der Waals surface area contributed by atoms with E-state index in [2.05, 4.69) is 16.5 Å². The van der Waals surface area contributed by atoms with Crippen LogP contribution in [0.2, 0.25) is 9.36 Å². The Labute approximate surface area is 162 Å². The minimum Gasteiger partial charge on any atom is -0.303 e. The molecule has 136 valence electrons. The molecule has 0 aliphatic carbocycles. The fraction of sp³-hybridized carbons (Fsp3) is 0.412. The second-order valence-electron chi connectivity index (χ2n) is 6.20. The van der Waals surface area contributed by atoms with Crippen LogP contribution in [0.5, 0.6) is 0 Å². The number of nitrogens with zero attached hydrogens (tertiary/aromatic N) is 1. The summed E-state index contributed by atoms with van der Waals surface area (Å²) >= 11 is 12.7. The molecule has 3 rings (SSSR count). The zero-order chi connectivity index (χ0) is 18.0. The quantitative estimate of drug-likeness (QED) is 0.713. The van der Waals surface area contributed by atoms with Gasteiger partial charge >= 0.3 is 0 Å². The number of anilines is 1. The Morgan fingerprint density at radius 3 is 2.60 bits per heavy atom. The topological polar surface area (TPSA) is 49.4 Å². The van der Waals surface area contributed by atoms with E-state index >= 15 is 0 Å². The zero-order valence-corrected chi connectivity index (χ0v) is 17.0. The van der Waals surface area contributed by atoms with E-state index in [1.807, 2.05) is 24.3 Å². The van der Waals surface area contributed by atoms with Crippen LogP contribution >= 0.6 is 34.5 Å². The number of benzene rings is 1. The Balaban J connectivity index is 1.68. The molecule has 0 amide bonds. The highest BCUT2D eigenvalue weighted by Crippen LogP contribution is 2.35. The van der Waals surface area contributed by atoms with Gasteiger partial charge in [0.25, 0.3) is 10.0 Å². The summed E-state index contributed by atoms with van der Waals surface area (Å²) in [5.74, 6) is 0.520. The first-order valence-electron chi connectivity index (χ1n) is 8.19.